The third-order valence-corrected chi connectivity index (χ3v) is 6.75. The van der Waals surface area contributed by atoms with Gasteiger partial charge in [0.1, 0.15) is 11.3 Å². The van der Waals surface area contributed by atoms with E-state index in [4.69, 9.17) is 13.8 Å². The van der Waals surface area contributed by atoms with Gasteiger partial charge in [-0.15, -0.1) is 0 Å². The summed E-state index contributed by atoms with van der Waals surface area (Å²) in [6.45, 7) is 3.74. The number of β-amino-alcohol motifs (C(OH)–C–C–N with tert-alkyl or cyclic N) is 1. The normalized spacial score (nSPS) is 17.1. The number of benzene rings is 2. The zero-order chi connectivity index (χ0) is 28.3. The minimum atomic E-state index is -4.78. The number of esters is 1. The number of aromatic nitrogens is 3. The minimum Gasteiger partial charge on any atom is -0.466 e. The van der Waals surface area contributed by atoms with Gasteiger partial charge in [0.05, 0.1) is 18.6 Å². The summed E-state index contributed by atoms with van der Waals surface area (Å²) < 4.78 is 57.3. The van der Waals surface area contributed by atoms with Crippen molar-refractivity contribution in [3.05, 3.63) is 65.7 Å². The molecule has 0 amide bonds. The quantitative estimate of drug-likeness (QED) is 0.286. The number of halogens is 3. The molecule has 1 aliphatic heterocycles. The van der Waals surface area contributed by atoms with Gasteiger partial charge in [-0.1, -0.05) is 64.9 Å². The molecule has 5 rings (SSSR count). The smallest absolute Gasteiger partial charge is 0.422 e. The second-order valence-electron chi connectivity index (χ2n) is 9.51. The molecule has 4 aromatic rings. The molecule has 1 aliphatic rings. The zero-order valence-electron chi connectivity index (χ0n) is 21.6. The third kappa shape index (κ3) is 5.92. The van der Waals surface area contributed by atoms with Crippen LogP contribution in [0, 0.1) is 5.92 Å². The molecular weight excluding hydrogens is 529 g/mol. The Morgan fingerprint density at radius 2 is 1.85 bits per heavy atom. The number of alkyl halides is 3. The van der Waals surface area contributed by atoms with Crippen LogP contribution in [0.2, 0.25) is 0 Å². The summed E-state index contributed by atoms with van der Waals surface area (Å²) in [6, 6.07) is 14.5. The fraction of sp³-hybridized carbons (Fsp3) is 0.357. The standard InChI is InChI=1S/C28H27F3N4O5/c1-2-38-27(37)20-9-6-14-35(15-20)16-21(36)17-10-12-19(13-11-17)25-32-26(40-34-25)24-22(28(29,30)31)23(33-39-24)18-7-4-3-5-8-18/h3-5,7-8,10-13,20-21,36H,2,6,9,14-16H2,1H3/t20?,21-/m0/s1. The highest BCUT2D eigenvalue weighted by Gasteiger charge is 2.43. The molecule has 2 aromatic heterocycles. The maximum absolute atomic E-state index is 14.0. The van der Waals surface area contributed by atoms with Crippen molar-refractivity contribution in [1.82, 2.24) is 20.2 Å². The van der Waals surface area contributed by atoms with Gasteiger partial charge in [0.15, 0.2) is 0 Å². The Labute approximate surface area is 227 Å². The van der Waals surface area contributed by atoms with Crippen LogP contribution in [-0.2, 0) is 15.7 Å². The molecule has 1 N–H and O–H groups in total. The van der Waals surface area contributed by atoms with E-state index < -0.39 is 29.5 Å². The summed E-state index contributed by atoms with van der Waals surface area (Å²) in [7, 11) is 0. The molecular formula is C28H27F3N4O5. The zero-order valence-corrected chi connectivity index (χ0v) is 21.6. The fourth-order valence-electron chi connectivity index (χ4n) is 4.80. The maximum Gasteiger partial charge on any atom is 0.422 e. The van der Waals surface area contributed by atoms with Crippen molar-refractivity contribution in [2.24, 2.45) is 5.92 Å². The molecule has 0 radical (unpaired) electrons. The summed E-state index contributed by atoms with van der Waals surface area (Å²) in [5.41, 5.74) is -0.131. The molecule has 1 saturated heterocycles. The van der Waals surface area contributed by atoms with Gasteiger partial charge in [-0.3, -0.25) is 9.69 Å². The molecule has 1 unspecified atom stereocenters. The molecule has 0 spiro atoms. The maximum atomic E-state index is 14.0. The number of nitrogens with zero attached hydrogens (tertiary/aromatic N) is 4. The molecule has 9 nitrogen and oxygen atoms in total. The van der Waals surface area contributed by atoms with Crippen molar-refractivity contribution in [3.63, 3.8) is 0 Å². The minimum absolute atomic E-state index is 0.0511. The van der Waals surface area contributed by atoms with Crippen molar-refractivity contribution >= 4 is 5.97 Å². The Morgan fingerprint density at radius 1 is 1.10 bits per heavy atom. The van der Waals surface area contributed by atoms with Gasteiger partial charge in [-0.25, -0.2) is 0 Å². The Hall–Kier alpha value is -4.03. The summed E-state index contributed by atoms with van der Waals surface area (Å²) >= 11 is 0. The lowest BCUT2D eigenvalue weighted by atomic mass is 9.97. The number of aliphatic hydroxyl groups is 1. The van der Waals surface area contributed by atoms with Crippen molar-refractivity contribution in [2.75, 3.05) is 26.2 Å². The fourth-order valence-corrected chi connectivity index (χ4v) is 4.80. The summed E-state index contributed by atoms with van der Waals surface area (Å²) in [5.74, 6) is -1.49. The summed E-state index contributed by atoms with van der Waals surface area (Å²) in [4.78, 5) is 18.3. The highest BCUT2D eigenvalue weighted by molar-refractivity contribution is 5.73. The van der Waals surface area contributed by atoms with Gasteiger partial charge in [-0.2, -0.15) is 18.2 Å². The van der Waals surface area contributed by atoms with Crippen LogP contribution < -0.4 is 0 Å². The van der Waals surface area contributed by atoms with Gasteiger partial charge in [0.2, 0.25) is 11.6 Å². The first-order chi connectivity index (χ1) is 19.2. The van der Waals surface area contributed by atoms with E-state index in [2.05, 4.69) is 15.3 Å². The number of rotatable bonds is 8. The van der Waals surface area contributed by atoms with Crippen LogP contribution in [0.5, 0.6) is 0 Å². The van der Waals surface area contributed by atoms with Crippen LogP contribution in [0.15, 0.2) is 63.6 Å². The Balaban J connectivity index is 1.30. The lowest BCUT2D eigenvalue weighted by Gasteiger charge is -2.32. The average Bonchev–Trinajstić information content (AvgIpc) is 3.62. The van der Waals surface area contributed by atoms with Crippen LogP contribution in [0.4, 0.5) is 13.2 Å². The van der Waals surface area contributed by atoms with Gasteiger partial charge in [-0.05, 0) is 31.9 Å². The van der Waals surface area contributed by atoms with Crippen molar-refractivity contribution < 1.29 is 36.9 Å². The van der Waals surface area contributed by atoms with E-state index in [1.54, 1.807) is 49.4 Å². The van der Waals surface area contributed by atoms with Crippen LogP contribution >= 0.6 is 0 Å². The third-order valence-electron chi connectivity index (χ3n) is 6.75. The number of hydrogen-bond donors (Lipinski definition) is 1. The number of hydrogen-bond acceptors (Lipinski definition) is 9. The molecule has 3 heterocycles. The lowest BCUT2D eigenvalue weighted by Crippen LogP contribution is -2.41. The number of carbonyl (C=O) groups is 1. The largest absolute Gasteiger partial charge is 0.466 e. The number of likely N-dealkylation sites (tertiary alicyclic amines) is 1. The topological polar surface area (TPSA) is 115 Å². The highest BCUT2D eigenvalue weighted by Crippen LogP contribution is 2.43. The molecule has 0 aliphatic carbocycles. The van der Waals surface area contributed by atoms with E-state index >= 15 is 0 Å². The molecule has 1 fully saturated rings. The molecule has 2 atom stereocenters. The Kier molecular flexibility index (Phi) is 7.99. The van der Waals surface area contributed by atoms with Gasteiger partial charge < -0.3 is 18.9 Å². The van der Waals surface area contributed by atoms with Gasteiger partial charge >= 0.3 is 12.1 Å². The number of carbonyl (C=O) groups excluding carboxylic acids is 1. The van der Waals surface area contributed by atoms with Crippen LogP contribution in [0.25, 0.3) is 34.3 Å². The predicted molar refractivity (Wildman–Crippen MR) is 136 cm³/mol. The molecule has 40 heavy (non-hydrogen) atoms. The second-order valence-corrected chi connectivity index (χ2v) is 9.51. The summed E-state index contributed by atoms with van der Waals surface area (Å²) in [5, 5.41) is 18.2. The van der Waals surface area contributed by atoms with Crippen molar-refractivity contribution in [3.8, 4) is 34.3 Å². The van der Waals surface area contributed by atoms with Crippen LogP contribution in [-0.4, -0.2) is 57.5 Å². The number of piperidine rings is 1. The van der Waals surface area contributed by atoms with Gasteiger partial charge in [0, 0.05) is 24.2 Å². The molecule has 0 bridgehead atoms. The average molecular weight is 557 g/mol. The van der Waals surface area contributed by atoms with E-state index in [1.807, 2.05) is 4.90 Å². The molecule has 12 heteroatoms. The van der Waals surface area contributed by atoms with E-state index in [0.29, 0.717) is 30.8 Å². The first kappa shape index (κ1) is 27.5. The number of ether oxygens (including phenoxy) is 1. The van der Waals surface area contributed by atoms with E-state index in [0.717, 1.165) is 19.4 Å². The number of aliphatic hydroxyl groups excluding tert-OH is 1. The van der Waals surface area contributed by atoms with E-state index in [1.165, 1.54) is 12.1 Å². The first-order valence-corrected chi connectivity index (χ1v) is 12.9. The van der Waals surface area contributed by atoms with Gasteiger partial charge in [0.25, 0.3) is 5.89 Å². The van der Waals surface area contributed by atoms with Crippen LogP contribution in [0.3, 0.4) is 0 Å². The van der Waals surface area contributed by atoms with E-state index in [9.17, 15) is 23.1 Å². The molecule has 210 valence electrons. The van der Waals surface area contributed by atoms with Crippen molar-refractivity contribution in [1.29, 1.82) is 0 Å². The summed E-state index contributed by atoms with van der Waals surface area (Å²) in [6.07, 6.45) is -3.99. The Bertz CT molecular complexity index is 1440. The van der Waals surface area contributed by atoms with E-state index in [-0.39, 0.29) is 29.0 Å². The SMILES string of the molecule is CCOC(=O)C1CCCN(C[C@H](O)c2ccc(-c3noc(-c4onc(-c5ccccc5)c4C(F)(F)F)n3)cc2)C1. The van der Waals surface area contributed by atoms with Crippen molar-refractivity contribution in [2.45, 2.75) is 32.0 Å². The second kappa shape index (κ2) is 11.6. The monoisotopic (exact) mass is 556 g/mol. The highest BCUT2D eigenvalue weighted by atomic mass is 19.4. The first-order valence-electron chi connectivity index (χ1n) is 12.9. The molecule has 0 saturated carbocycles. The van der Waals surface area contributed by atoms with Crippen LogP contribution in [0.1, 0.15) is 37.0 Å². The molecule has 2 aromatic carbocycles. The lowest BCUT2D eigenvalue weighted by molar-refractivity contribution is -0.150. The Morgan fingerprint density at radius 3 is 2.55 bits per heavy atom. The predicted octanol–water partition coefficient (Wildman–Crippen LogP) is 5.39.